The quantitative estimate of drug-likeness (QED) is 0.880. The van der Waals surface area contributed by atoms with E-state index < -0.39 is 0 Å². The number of likely N-dealkylation sites (tertiary alicyclic amines) is 2. The van der Waals surface area contributed by atoms with Gasteiger partial charge in [-0.05, 0) is 50.8 Å². The number of amides is 1. The fraction of sp³-hybridized carbons (Fsp3) is 0.632. The Bertz CT molecular complexity index is 568. The molecule has 6 heteroatoms. The van der Waals surface area contributed by atoms with Crippen LogP contribution in [0, 0.1) is 0 Å². The van der Waals surface area contributed by atoms with Crippen LogP contribution in [0.5, 0.6) is 0 Å². The van der Waals surface area contributed by atoms with Gasteiger partial charge in [0.1, 0.15) is 0 Å². The number of benzene rings is 1. The van der Waals surface area contributed by atoms with E-state index in [-0.39, 0.29) is 6.09 Å². The van der Waals surface area contributed by atoms with Gasteiger partial charge in [-0.25, -0.2) is 4.79 Å². The number of hydrogen-bond donors (Lipinski definition) is 1. The molecule has 0 spiro atoms. The van der Waals surface area contributed by atoms with E-state index in [1.807, 2.05) is 30.0 Å². The highest BCUT2D eigenvalue weighted by Gasteiger charge is 2.30. The number of nitrogens with one attached hydrogen (secondary N) is 1. The van der Waals surface area contributed by atoms with Crippen LogP contribution in [0.4, 0.5) is 10.5 Å². The van der Waals surface area contributed by atoms with Gasteiger partial charge in [0.05, 0.1) is 6.61 Å². The molecule has 0 atom stereocenters. The van der Waals surface area contributed by atoms with Gasteiger partial charge in [-0.1, -0.05) is 17.7 Å². The van der Waals surface area contributed by atoms with E-state index in [1.54, 1.807) is 0 Å². The van der Waals surface area contributed by atoms with Crippen LogP contribution in [0.2, 0.25) is 5.02 Å². The summed E-state index contributed by atoms with van der Waals surface area (Å²) in [6.45, 7) is 6.15. The second-order valence-electron chi connectivity index (χ2n) is 6.88. The maximum absolute atomic E-state index is 11.8. The second kappa shape index (κ2) is 8.77. The lowest BCUT2D eigenvalue weighted by Gasteiger charge is -2.41. The molecule has 0 aromatic heterocycles. The van der Waals surface area contributed by atoms with Gasteiger partial charge in [0.15, 0.2) is 0 Å². The molecule has 1 N–H and O–H groups in total. The average molecular weight is 366 g/mol. The molecule has 138 valence electrons. The molecule has 1 amide bonds. The molecule has 2 saturated heterocycles. The Balaban J connectivity index is 1.41. The summed E-state index contributed by atoms with van der Waals surface area (Å²) in [6, 6.07) is 9.05. The van der Waals surface area contributed by atoms with Crippen molar-refractivity contribution in [3.8, 4) is 0 Å². The van der Waals surface area contributed by atoms with Crippen molar-refractivity contribution in [1.82, 2.24) is 9.80 Å². The Morgan fingerprint density at radius 2 is 1.92 bits per heavy atom. The van der Waals surface area contributed by atoms with E-state index in [0.29, 0.717) is 18.7 Å². The summed E-state index contributed by atoms with van der Waals surface area (Å²) in [5.74, 6) is 0. The Kier molecular flexibility index (Phi) is 6.43. The van der Waals surface area contributed by atoms with E-state index in [4.69, 9.17) is 16.3 Å². The number of piperidine rings is 2. The number of carbonyl (C=O) groups excluding carboxylic acids is 1. The molecule has 25 heavy (non-hydrogen) atoms. The first-order valence-electron chi connectivity index (χ1n) is 9.33. The molecule has 1 aromatic rings. The molecule has 3 rings (SSSR count). The highest BCUT2D eigenvalue weighted by molar-refractivity contribution is 6.30. The highest BCUT2D eigenvalue weighted by Crippen LogP contribution is 2.24. The van der Waals surface area contributed by atoms with Crippen LogP contribution in [-0.2, 0) is 4.74 Å². The topological polar surface area (TPSA) is 44.8 Å². The number of nitrogens with zero attached hydrogens (tertiary/aromatic N) is 2. The highest BCUT2D eigenvalue weighted by atomic mass is 35.5. The second-order valence-corrected chi connectivity index (χ2v) is 7.32. The molecule has 0 aliphatic carbocycles. The third kappa shape index (κ3) is 5.02. The van der Waals surface area contributed by atoms with Crippen LogP contribution in [-0.4, -0.2) is 60.8 Å². The summed E-state index contributed by atoms with van der Waals surface area (Å²) in [5.41, 5.74) is 1.11. The molecule has 1 aromatic carbocycles. The molecule has 0 bridgehead atoms. The predicted molar refractivity (Wildman–Crippen MR) is 101 cm³/mol. The molecule has 2 fully saturated rings. The monoisotopic (exact) mass is 365 g/mol. The maximum Gasteiger partial charge on any atom is 0.409 e. The van der Waals surface area contributed by atoms with Gasteiger partial charge in [0.25, 0.3) is 0 Å². The van der Waals surface area contributed by atoms with Crippen molar-refractivity contribution in [2.45, 2.75) is 44.7 Å². The smallest absolute Gasteiger partial charge is 0.409 e. The average Bonchev–Trinajstić information content (AvgIpc) is 2.63. The summed E-state index contributed by atoms with van der Waals surface area (Å²) in [6.07, 6.45) is 4.22. The zero-order valence-electron chi connectivity index (χ0n) is 14.9. The number of carbonyl (C=O) groups is 1. The zero-order chi connectivity index (χ0) is 17.6. The fourth-order valence-electron chi connectivity index (χ4n) is 3.85. The molecule has 2 heterocycles. The Morgan fingerprint density at radius 1 is 1.20 bits per heavy atom. The SMILES string of the molecule is CCOC(=O)N1CCC(N2CCC(Nc3cccc(Cl)c3)CC2)CC1. The van der Waals surface area contributed by atoms with E-state index in [1.165, 1.54) is 0 Å². The van der Waals surface area contributed by atoms with Crippen LogP contribution in [0.15, 0.2) is 24.3 Å². The van der Waals surface area contributed by atoms with Gasteiger partial charge in [0.2, 0.25) is 0 Å². The minimum Gasteiger partial charge on any atom is -0.450 e. The lowest BCUT2D eigenvalue weighted by molar-refractivity contribution is 0.0674. The molecule has 0 unspecified atom stereocenters. The van der Waals surface area contributed by atoms with Gasteiger partial charge in [-0.2, -0.15) is 0 Å². The fourth-order valence-corrected chi connectivity index (χ4v) is 4.04. The molecular weight excluding hydrogens is 338 g/mol. The summed E-state index contributed by atoms with van der Waals surface area (Å²) in [5, 5.41) is 4.37. The minimum absolute atomic E-state index is 0.162. The van der Waals surface area contributed by atoms with Gasteiger partial charge in [0, 0.05) is 49.0 Å². The molecule has 0 saturated carbocycles. The molecule has 5 nitrogen and oxygen atoms in total. The molecular formula is C19H28ClN3O2. The van der Waals surface area contributed by atoms with E-state index in [2.05, 4.69) is 16.3 Å². The van der Waals surface area contributed by atoms with E-state index in [9.17, 15) is 4.79 Å². The lowest BCUT2D eigenvalue weighted by atomic mass is 9.98. The largest absolute Gasteiger partial charge is 0.450 e. The predicted octanol–water partition coefficient (Wildman–Crippen LogP) is 3.84. The third-order valence-corrected chi connectivity index (χ3v) is 5.47. The first kappa shape index (κ1) is 18.3. The van der Waals surface area contributed by atoms with E-state index >= 15 is 0 Å². The normalized spacial score (nSPS) is 20.5. The van der Waals surface area contributed by atoms with Gasteiger partial charge >= 0.3 is 6.09 Å². The van der Waals surface area contributed by atoms with Crippen LogP contribution in [0.1, 0.15) is 32.6 Å². The van der Waals surface area contributed by atoms with Crippen molar-refractivity contribution in [3.63, 3.8) is 0 Å². The molecule has 2 aliphatic heterocycles. The van der Waals surface area contributed by atoms with Gasteiger partial charge in [-0.15, -0.1) is 0 Å². The van der Waals surface area contributed by atoms with Gasteiger partial charge < -0.3 is 19.9 Å². The van der Waals surface area contributed by atoms with Crippen molar-refractivity contribution in [3.05, 3.63) is 29.3 Å². The van der Waals surface area contributed by atoms with Crippen LogP contribution in [0.3, 0.4) is 0 Å². The number of halogens is 1. The first-order valence-corrected chi connectivity index (χ1v) is 9.71. The van der Waals surface area contributed by atoms with Crippen LogP contribution < -0.4 is 5.32 Å². The first-order chi connectivity index (χ1) is 12.2. The van der Waals surface area contributed by atoms with Crippen molar-refractivity contribution >= 4 is 23.4 Å². The number of hydrogen-bond acceptors (Lipinski definition) is 4. The maximum atomic E-state index is 11.8. The van der Waals surface area contributed by atoms with Gasteiger partial charge in [-0.3, -0.25) is 0 Å². The Hall–Kier alpha value is -1.46. The number of anilines is 1. The van der Waals surface area contributed by atoms with Crippen LogP contribution in [0.25, 0.3) is 0 Å². The molecule has 0 radical (unpaired) electrons. The van der Waals surface area contributed by atoms with Crippen molar-refractivity contribution in [1.29, 1.82) is 0 Å². The Labute approximate surface area is 155 Å². The van der Waals surface area contributed by atoms with Crippen LogP contribution >= 0.6 is 11.6 Å². The third-order valence-electron chi connectivity index (χ3n) is 5.23. The number of rotatable bonds is 4. The summed E-state index contributed by atoms with van der Waals surface area (Å²) >= 11 is 6.06. The van der Waals surface area contributed by atoms with Crippen molar-refractivity contribution in [2.24, 2.45) is 0 Å². The summed E-state index contributed by atoms with van der Waals surface area (Å²) < 4.78 is 5.10. The standard InChI is InChI=1S/C19H28ClN3O2/c1-2-25-19(24)23-12-8-18(9-13-23)22-10-6-16(7-11-22)21-17-5-3-4-15(20)14-17/h3-5,14,16,18,21H,2,6-13H2,1H3. The van der Waals surface area contributed by atoms with E-state index in [0.717, 1.165) is 62.6 Å². The summed E-state index contributed by atoms with van der Waals surface area (Å²) in [4.78, 5) is 16.2. The molecule has 2 aliphatic rings. The van der Waals surface area contributed by atoms with Crippen molar-refractivity contribution in [2.75, 3.05) is 38.1 Å². The zero-order valence-corrected chi connectivity index (χ0v) is 15.7. The summed E-state index contributed by atoms with van der Waals surface area (Å²) in [7, 11) is 0. The lowest BCUT2D eigenvalue weighted by Crippen LogP contribution is -2.50. The van der Waals surface area contributed by atoms with Crippen molar-refractivity contribution < 1.29 is 9.53 Å². The number of ether oxygens (including phenoxy) is 1. The minimum atomic E-state index is -0.162. The Morgan fingerprint density at radius 3 is 2.56 bits per heavy atom.